The number of imide groups is 1. The Bertz CT molecular complexity index is 886. The number of nitrogens with one attached hydrogen (secondary N) is 2. The maximum atomic E-state index is 12.3. The van der Waals surface area contributed by atoms with Gasteiger partial charge in [0.2, 0.25) is 0 Å². The predicted molar refractivity (Wildman–Crippen MR) is 105 cm³/mol. The van der Waals surface area contributed by atoms with Crippen molar-refractivity contribution in [2.24, 2.45) is 0 Å². The van der Waals surface area contributed by atoms with Crippen LogP contribution in [0.1, 0.15) is 27.1 Å². The summed E-state index contributed by atoms with van der Waals surface area (Å²) in [4.78, 5) is 37.8. The average Bonchev–Trinajstić information content (AvgIpc) is 2.84. The van der Waals surface area contributed by atoms with Gasteiger partial charge in [-0.3, -0.25) is 14.5 Å². The number of benzene rings is 2. The Balaban J connectivity index is 1.48. The summed E-state index contributed by atoms with van der Waals surface area (Å²) in [6.45, 7) is 0.590. The number of fused-ring (bicyclic) bond motifs is 1. The van der Waals surface area contributed by atoms with Crippen LogP contribution < -0.4 is 10.6 Å². The molecule has 1 aliphatic heterocycles. The number of anilines is 1. The molecule has 0 unspecified atom stereocenters. The minimum Gasteiger partial charge on any atom is -0.338 e. The summed E-state index contributed by atoms with van der Waals surface area (Å²) in [5.41, 5.74) is 1.48. The Labute approximate surface area is 167 Å². The molecule has 134 valence electrons. The minimum atomic E-state index is -0.344. The fourth-order valence-corrected chi connectivity index (χ4v) is 3.38. The largest absolute Gasteiger partial charge is 0.338 e. The van der Waals surface area contributed by atoms with Gasteiger partial charge in [-0.15, -0.1) is 0 Å². The summed E-state index contributed by atoms with van der Waals surface area (Å²) < 4.78 is 1.54. The molecule has 0 bridgehead atoms. The van der Waals surface area contributed by atoms with Crippen LogP contribution in [0, 0.1) is 0 Å². The van der Waals surface area contributed by atoms with Crippen molar-refractivity contribution in [2.45, 2.75) is 6.42 Å². The number of hydrogen-bond donors (Lipinski definition) is 2. The highest BCUT2D eigenvalue weighted by atomic mass is 79.9. The van der Waals surface area contributed by atoms with Crippen molar-refractivity contribution in [1.82, 2.24) is 10.2 Å². The van der Waals surface area contributed by atoms with E-state index in [0.29, 0.717) is 29.8 Å². The van der Waals surface area contributed by atoms with Crippen LogP contribution in [0.25, 0.3) is 0 Å². The summed E-state index contributed by atoms with van der Waals surface area (Å²) >= 11 is 6.66. The average molecular weight is 481 g/mol. The molecule has 0 aliphatic carbocycles. The standard InChI is InChI=1S/C18H15Br2N3O3/c19-11-6-7-12-13(10-11)17(25)23(16(12)24)9-3-8-21-18(26)22-15-5-2-1-4-14(15)20/h1-2,4-7,10H,3,8-9H2,(H2,21,22,26). The second kappa shape index (κ2) is 8.01. The third-order valence-electron chi connectivity index (χ3n) is 3.90. The lowest BCUT2D eigenvalue weighted by Gasteiger charge is -2.14. The normalized spacial score (nSPS) is 12.9. The SMILES string of the molecule is O=C(NCCCN1C(=O)c2ccc(Br)cc2C1=O)Nc1ccccc1Br. The first-order valence-electron chi connectivity index (χ1n) is 7.92. The number of halogens is 2. The van der Waals surface area contributed by atoms with Crippen molar-refractivity contribution in [1.29, 1.82) is 0 Å². The first kappa shape index (κ1) is 18.6. The Morgan fingerprint density at radius 1 is 1.00 bits per heavy atom. The van der Waals surface area contributed by atoms with Gasteiger partial charge in [0.15, 0.2) is 0 Å². The van der Waals surface area contributed by atoms with Gasteiger partial charge in [-0.25, -0.2) is 4.79 Å². The van der Waals surface area contributed by atoms with Crippen LogP contribution in [0.15, 0.2) is 51.4 Å². The number of carbonyl (C=O) groups is 3. The molecular formula is C18H15Br2N3O3. The van der Waals surface area contributed by atoms with E-state index in [-0.39, 0.29) is 24.4 Å². The van der Waals surface area contributed by atoms with Crippen LogP contribution in [0.3, 0.4) is 0 Å². The highest BCUT2D eigenvalue weighted by Gasteiger charge is 2.34. The molecule has 4 amide bonds. The monoisotopic (exact) mass is 479 g/mol. The van der Waals surface area contributed by atoms with Crippen LogP contribution in [0.2, 0.25) is 0 Å². The molecule has 0 saturated heterocycles. The van der Waals surface area contributed by atoms with Crippen molar-refractivity contribution in [3.05, 3.63) is 62.5 Å². The van der Waals surface area contributed by atoms with Crippen molar-refractivity contribution < 1.29 is 14.4 Å². The summed E-state index contributed by atoms with van der Waals surface area (Å²) in [6, 6.07) is 12.0. The zero-order chi connectivity index (χ0) is 18.7. The second-order valence-electron chi connectivity index (χ2n) is 5.67. The van der Waals surface area contributed by atoms with E-state index in [1.165, 1.54) is 4.90 Å². The third-order valence-corrected chi connectivity index (χ3v) is 5.08. The molecule has 0 saturated carbocycles. The van der Waals surface area contributed by atoms with E-state index < -0.39 is 0 Å². The van der Waals surface area contributed by atoms with Gasteiger partial charge in [-0.1, -0.05) is 28.1 Å². The van der Waals surface area contributed by atoms with Gasteiger partial charge in [-0.2, -0.15) is 0 Å². The van der Waals surface area contributed by atoms with Crippen LogP contribution in [-0.4, -0.2) is 35.8 Å². The predicted octanol–water partition coefficient (Wildman–Crippen LogP) is 4.02. The first-order valence-corrected chi connectivity index (χ1v) is 9.51. The number of carbonyl (C=O) groups excluding carboxylic acids is 3. The maximum absolute atomic E-state index is 12.3. The molecule has 2 aromatic carbocycles. The molecule has 26 heavy (non-hydrogen) atoms. The fraction of sp³-hybridized carbons (Fsp3) is 0.167. The molecule has 6 nitrogen and oxygen atoms in total. The Kier molecular flexibility index (Phi) is 5.73. The van der Waals surface area contributed by atoms with Gasteiger partial charge < -0.3 is 10.6 Å². The lowest BCUT2D eigenvalue weighted by atomic mass is 10.1. The summed E-state index contributed by atoms with van der Waals surface area (Å²) in [6.07, 6.45) is 0.468. The summed E-state index contributed by atoms with van der Waals surface area (Å²) in [5.74, 6) is -0.598. The molecule has 0 aromatic heterocycles. The van der Waals surface area contributed by atoms with E-state index in [4.69, 9.17) is 0 Å². The Morgan fingerprint density at radius 2 is 1.73 bits per heavy atom. The van der Waals surface area contributed by atoms with Gasteiger partial charge in [0.1, 0.15) is 0 Å². The molecule has 3 rings (SSSR count). The van der Waals surface area contributed by atoms with Crippen molar-refractivity contribution >= 4 is 55.4 Å². The number of para-hydroxylation sites is 1. The quantitative estimate of drug-likeness (QED) is 0.501. The molecule has 8 heteroatoms. The number of rotatable bonds is 5. The van der Waals surface area contributed by atoms with Crippen LogP contribution in [0.4, 0.5) is 10.5 Å². The zero-order valence-electron chi connectivity index (χ0n) is 13.6. The third kappa shape index (κ3) is 3.96. The Hall–Kier alpha value is -2.19. The van der Waals surface area contributed by atoms with Crippen LogP contribution >= 0.6 is 31.9 Å². The number of nitrogens with zero attached hydrogens (tertiary/aromatic N) is 1. The lowest BCUT2D eigenvalue weighted by molar-refractivity contribution is 0.0653. The number of hydrogen-bond acceptors (Lipinski definition) is 3. The first-order chi connectivity index (χ1) is 12.5. The van der Waals surface area contributed by atoms with Crippen LogP contribution in [0.5, 0.6) is 0 Å². The van der Waals surface area contributed by atoms with Crippen LogP contribution in [-0.2, 0) is 0 Å². The van der Waals surface area contributed by atoms with Gasteiger partial charge in [0, 0.05) is 22.0 Å². The van der Waals surface area contributed by atoms with Crippen molar-refractivity contribution in [2.75, 3.05) is 18.4 Å². The van der Waals surface area contributed by atoms with Gasteiger partial charge in [-0.05, 0) is 52.7 Å². The molecule has 2 N–H and O–H groups in total. The van der Waals surface area contributed by atoms with E-state index in [1.807, 2.05) is 18.2 Å². The summed E-state index contributed by atoms with van der Waals surface area (Å²) in [7, 11) is 0. The van der Waals surface area contributed by atoms with Gasteiger partial charge in [0.25, 0.3) is 11.8 Å². The summed E-state index contributed by atoms with van der Waals surface area (Å²) in [5, 5.41) is 5.44. The zero-order valence-corrected chi connectivity index (χ0v) is 16.8. The van der Waals surface area contributed by atoms with E-state index in [1.54, 1.807) is 24.3 Å². The van der Waals surface area contributed by atoms with E-state index in [9.17, 15) is 14.4 Å². The molecular weight excluding hydrogens is 466 g/mol. The number of amides is 4. The molecule has 0 radical (unpaired) electrons. The van der Waals surface area contributed by atoms with E-state index in [0.717, 1.165) is 8.95 Å². The molecule has 0 atom stereocenters. The Morgan fingerprint density at radius 3 is 2.50 bits per heavy atom. The minimum absolute atomic E-state index is 0.249. The molecule has 2 aromatic rings. The molecule has 0 spiro atoms. The topological polar surface area (TPSA) is 78.5 Å². The fourth-order valence-electron chi connectivity index (χ4n) is 2.63. The van der Waals surface area contributed by atoms with E-state index >= 15 is 0 Å². The highest BCUT2D eigenvalue weighted by molar-refractivity contribution is 9.10. The van der Waals surface area contributed by atoms with Gasteiger partial charge in [0.05, 0.1) is 16.8 Å². The molecule has 1 aliphatic rings. The van der Waals surface area contributed by atoms with Crippen molar-refractivity contribution in [3.63, 3.8) is 0 Å². The molecule has 0 fully saturated rings. The molecule has 1 heterocycles. The van der Waals surface area contributed by atoms with Crippen molar-refractivity contribution in [3.8, 4) is 0 Å². The second-order valence-corrected chi connectivity index (χ2v) is 7.44. The number of urea groups is 1. The van der Waals surface area contributed by atoms with E-state index in [2.05, 4.69) is 42.5 Å². The van der Waals surface area contributed by atoms with Gasteiger partial charge >= 0.3 is 6.03 Å². The maximum Gasteiger partial charge on any atom is 0.319 e. The lowest BCUT2D eigenvalue weighted by Crippen LogP contribution is -2.35. The smallest absolute Gasteiger partial charge is 0.319 e. The highest BCUT2D eigenvalue weighted by Crippen LogP contribution is 2.26.